The summed E-state index contributed by atoms with van der Waals surface area (Å²) in [5.74, 6) is 0.319. The average molecular weight is 466 g/mol. The van der Waals surface area contributed by atoms with E-state index in [-0.39, 0.29) is 17.3 Å². The van der Waals surface area contributed by atoms with Crippen molar-refractivity contribution in [3.05, 3.63) is 64.3 Å². The Kier molecular flexibility index (Phi) is 6.10. The number of morpholine rings is 1. The lowest BCUT2D eigenvalue weighted by Gasteiger charge is -2.28. The van der Waals surface area contributed by atoms with Crippen molar-refractivity contribution < 1.29 is 18.3 Å². The fraction of sp³-hybridized carbons (Fsp3) is 0.320. The second-order valence-corrected chi connectivity index (χ2v) is 8.37. The van der Waals surface area contributed by atoms with E-state index < -0.39 is 11.6 Å². The van der Waals surface area contributed by atoms with Crippen LogP contribution in [0.4, 0.5) is 20.4 Å². The number of hydrogen-bond acceptors (Lipinski definition) is 7. The number of aromatic nitrogens is 2. The van der Waals surface area contributed by atoms with Crippen molar-refractivity contribution in [2.75, 3.05) is 43.1 Å². The summed E-state index contributed by atoms with van der Waals surface area (Å²) in [5, 5.41) is 3.18. The zero-order valence-corrected chi connectivity index (χ0v) is 19.1. The zero-order chi connectivity index (χ0) is 23.7. The van der Waals surface area contributed by atoms with E-state index in [4.69, 9.17) is 9.47 Å². The summed E-state index contributed by atoms with van der Waals surface area (Å²) in [6.45, 7) is 6.80. The van der Waals surface area contributed by atoms with E-state index in [0.717, 1.165) is 17.2 Å². The Hall–Kier alpha value is -3.59. The minimum Gasteiger partial charge on any atom is -0.421 e. The first kappa shape index (κ1) is 22.2. The number of rotatable bonds is 5. The van der Waals surface area contributed by atoms with Crippen molar-refractivity contribution in [3.63, 3.8) is 0 Å². The Morgan fingerprint density at radius 2 is 1.97 bits per heavy atom. The van der Waals surface area contributed by atoms with Crippen LogP contribution in [0.2, 0.25) is 0 Å². The van der Waals surface area contributed by atoms with Gasteiger partial charge < -0.3 is 19.7 Å². The van der Waals surface area contributed by atoms with Gasteiger partial charge in [0.15, 0.2) is 11.6 Å². The van der Waals surface area contributed by atoms with Crippen LogP contribution in [-0.2, 0) is 11.2 Å². The summed E-state index contributed by atoms with van der Waals surface area (Å²) < 4.78 is 40.9. The molecule has 0 bridgehead atoms. The zero-order valence-electron chi connectivity index (χ0n) is 19.1. The van der Waals surface area contributed by atoms with Gasteiger partial charge in [-0.3, -0.25) is 4.99 Å². The Morgan fingerprint density at radius 1 is 1.15 bits per heavy atom. The van der Waals surface area contributed by atoms with Gasteiger partial charge in [0, 0.05) is 36.3 Å². The van der Waals surface area contributed by atoms with Crippen LogP contribution in [0.1, 0.15) is 25.0 Å². The summed E-state index contributed by atoms with van der Waals surface area (Å²) >= 11 is 0. The number of nitrogens with zero attached hydrogens (tertiary/aromatic N) is 4. The number of fused-ring (bicyclic) bond motifs is 1. The van der Waals surface area contributed by atoms with Crippen LogP contribution in [0.5, 0.6) is 11.8 Å². The predicted octanol–water partition coefficient (Wildman–Crippen LogP) is 4.67. The summed E-state index contributed by atoms with van der Waals surface area (Å²) in [5.41, 5.74) is 2.53. The molecule has 0 amide bonds. The molecule has 0 atom stereocenters. The molecule has 1 N–H and O–H groups in total. The van der Waals surface area contributed by atoms with E-state index in [9.17, 15) is 4.39 Å². The smallest absolute Gasteiger partial charge is 0.326 e. The van der Waals surface area contributed by atoms with E-state index in [1.54, 1.807) is 12.1 Å². The maximum absolute atomic E-state index is 15.1. The lowest BCUT2D eigenvalue weighted by molar-refractivity contribution is 0.122. The lowest BCUT2D eigenvalue weighted by Crippen LogP contribution is -2.36. The fourth-order valence-corrected chi connectivity index (χ4v) is 4.18. The molecule has 5 rings (SSSR count). The molecule has 176 valence electrons. The molecule has 1 aromatic carbocycles. The first-order valence-corrected chi connectivity index (χ1v) is 11.2. The number of halogens is 2. The second kappa shape index (κ2) is 9.34. The van der Waals surface area contributed by atoms with Crippen molar-refractivity contribution >= 4 is 23.5 Å². The Balaban J connectivity index is 1.48. The van der Waals surface area contributed by atoms with E-state index in [0.29, 0.717) is 62.3 Å². The molecule has 1 fully saturated rings. The van der Waals surface area contributed by atoms with Crippen molar-refractivity contribution in [1.29, 1.82) is 0 Å². The molecule has 1 saturated heterocycles. The SMILES string of the molecule is C/C=C/C1=CC(Nc2cc(N3CCOCC3)nc(Oc3cc(F)c4c(c3F)C=C(C)C4)n2)=NC1. The lowest BCUT2D eigenvalue weighted by atomic mass is 10.1. The van der Waals surface area contributed by atoms with Crippen LogP contribution in [0.15, 0.2) is 46.5 Å². The standard InChI is InChI=1S/C25H25F2N5O2/c1-3-4-16-11-21(28-14-16)29-22-13-23(32-5-7-33-8-6-32)31-25(30-22)34-20-12-19(26)17-9-15(2)10-18(17)24(20)27/h3-4,10-13H,5-9,14H2,1-2H3,(H,28,29,30,31)/b4-3+. The quantitative estimate of drug-likeness (QED) is 0.692. The van der Waals surface area contributed by atoms with Crippen molar-refractivity contribution in [1.82, 2.24) is 9.97 Å². The van der Waals surface area contributed by atoms with Crippen LogP contribution in [0, 0.1) is 11.6 Å². The topological polar surface area (TPSA) is 71.9 Å². The number of hydrogen-bond donors (Lipinski definition) is 1. The first-order valence-electron chi connectivity index (χ1n) is 11.2. The molecule has 1 aliphatic carbocycles. The van der Waals surface area contributed by atoms with E-state index in [2.05, 4.69) is 20.3 Å². The van der Waals surface area contributed by atoms with Crippen molar-refractivity contribution in [2.24, 2.45) is 4.99 Å². The van der Waals surface area contributed by atoms with Gasteiger partial charge >= 0.3 is 6.01 Å². The molecule has 2 aliphatic heterocycles. The average Bonchev–Trinajstić information content (AvgIpc) is 3.44. The molecule has 7 nitrogen and oxygen atoms in total. The third-order valence-electron chi connectivity index (χ3n) is 5.79. The third kappa shape index (κ3) is 4.56. The molecule has 2 aromatic rings. The molecule has 3 aliphatic rings. The molecule has 34 heavy (non-hydrogen) atoms. The number of allylic oxidation sites excluding steroid dienone is 2. The molecule has 9 heteroatoms. The number of nitrogens with one attached hydrogen (secondary N) is 1. The van der Waals surface area contributed by atoms with Gasteiger partial charge in [0.2, 0.25) is 0 Å². The number of anilines is 2. The van der Waals surface area contributed by atoms with Gasteiger partial charge in [0.1, 0.15) is 23.3 Å². The Labute approximate surface area is 196 Å². The van der Waals surface area contributed by atoms with Crippen LogP contribution in [0.3, 0.4) is 0 Å². The molecule has 1 aromatic heterocycles. The van der Waals surface area contributed by atoms with E-state index >= 15 is 4.39 Å². The van der Waals surface area contributed by atoms with Crippen LogP contribution in [0.25, 0.3) is 6.08 Å². The maximum atomic E-state index is 15.1. The van der Waals surface area contributed by atoms with Gasteiger partial charge in [-0.05, 0) is 31.9 Å². The summed E-state index contributed by atoms with van der Waals surface area (Å²) in [6.07, 6.45) is 7.92. The van der Waals surface area contributed by atoms with Crippen LogP contribution in [-0.4, -0.2) is 48.7 Å². The Morgan fingerprint density at radius 3 is 2.76 bits per heavy atom. The monoisotopic (exact) mass is 465 g/mol. The largest absolute Gasteiger partial charge is 0.421 e. The van der Waals surface area contributed by atoms with Gasteiger partial charge in [-0.25, -0.2) is 8.78 Å². The number of ether oxygens (including phenoxy) is 2. The highest BCUT2D eigenvalue weighted by atomic mass is 19.1. The second-order valence-electron chi connectivity index (χ2n) is 8.37. The minimum atomic E-state index is -0.623. The molecular weight excluding hydrogens is 440 g/mol. The summed E-state index contributed by atoms with van der Waals surface area (Å²) in [7, 11) is 0. The highest BCUT2D eigenvalue weighted by molar-refractivity contribution is 6.05. The predicted molar refractivity (Wildman–Crippen MR) is 128 cm³/mol. The van der Waals surface area contributed by atoms with Crippen molar-refractivity contribution in [3.8, 4) is 11.8 Å². The van der Waals surface area contributed by atoms with Gasteiger partial charge in [-0.15, -0.1) is 0 Å². The molecule has 0 radical (unpaired) electrons. The van der Waals surface area contributed by atoms with Gasteiger partial charge in [0.25, 0.3) is 0 Å². The fourth-order valence-electron chi connectivity index (χ4n) is 4.18. The molecule has 0 spiro atoms. The molecule has 3 heterocycles. The van der Waals surface area contributed by atoms with E-state index in [1.165, 1.54) is 0 Å². The highest BCUT2D eigenvalue weighted by Crippen LogP contribution is 2.36. The van der Waals surface area contributed by atoms with Gasteiger partial charge in [0.05, 0.1) is 19.8 Å². The third-order valence-corrected chi connectivity index (χ3v) is 5.79. The summed E-state index contributed by atoms with van der Waals surface area (Å²) in [6, 6.07) is 2.76. The summed E-state index contributed by atoms with van der Waals surface area (Å²) in [4.78, 5) is 15.4. The number of aliphatic imine (C=N–C) groups is 1. The normalized spacial score (nSPS) is 17.5. The highest BCUT2D eigenvalue weighted by Gasteiger charge is 2.24. The van der Waals surface area contributed by atoms with Crippen LogP contribution >= 0.6 is 0 Å². The Bertz CT molecular complexity index is 1250. The molecule has 0 saturated carbocycles. The van der Waals surface area contributed by atoms with Gasteiger partial charge in [-0.1, -0.05) is 23.8 Å². The number of amidine groups is 1. The van der Waals surface area contributed by atoms with E-state index in [1.807, 2.05) is 37.0 Å². The molecule has 0 unspecified atom stereocenters. The van der Waals surface area contributed by atoms with Crippen LogP contribution < -0.4 is 15.0 Å². The molecular formula is C25H25F2N5O2. The number of benzene rings is 1. The van der Waals surface area contributed by atoms with Crippen molar-refractivity contribution in [2.45, 2.75) is 20.3 Å². The maximum Gasteiger partial charge on any atom is 0.326 e. The minimum absolute atomic E-state index is 0.0836. The van der Waals surface area contributed by atoms with Gasteiger partial charge in [-0.2, -0.15) is 9.97 Å². The first-order chi connectivity index (χ1) is 16.5.